The molecular formula is C25H30FN3O3. The van der Waals surface area contributed by atoms with E-state index in [2.05, 4.69) is 27.7 Å². The monoisotopic (exact) mass is 439 g/mol. The largest absolute Gasteiger partial charge is 0.376 e. The van der Waals surface area contributed by atoms with E-state index in [1.807, 2.05) is 18.2 Å². The van der Waals surface area contributed by atoms with Crippen molar-refractivity contribution < 1.29 is 18.7 Å². The van der Waals surface area contributed by atoms with Crippen molar-refractivity contribution in [3.8, 4) is 0 Å². The molecule has 7 heteroatoms. The molecule has 2 aliphatic heterocycles. The second-order valence-electron chi connectivity index (χ2n) is 8.69. The minimum Gasteiger partial charge on any atom is -0.376 e. The van der Waals surface area contributed by atoms with Gasteiger partial charge in [0.25, 0.3) is 0 Å². The van der Waals surface area contributed by atoms with Crippen LogP contribution in [0.5, 0.6) is 0 Å². The zero-order chi connectivity index (χ0) is 22.3. The summed E-state index contributed by atoms with van der Waals surface area (Å²) in [6.07, 6.45) is 2.56. The Morgan fingerprint density at radius 3 is 2.41 bits per heavy atom. The standard InChI is InChI=1S/C25H30FN3O3/c26-21-8-10-22(11-9-21)28-25(31)20-13-19(24(30)27-14-23-7-4-12-32-23)16-29(17-20)15-18-5-2-1-3-6-18/h1-3,5-6,8-11,19-20,23H,4,7,12-17H2,(H,27,30)(H,28,31)/t19-,20+,23-/m0/s1. The summed E-state index contributed by atoms with van der Waals surface area (Å²) in [5.41, 5.74) is 1.70. The maximum atomic E-state index is 13.2. The molecule has 2 aromatic carbocycles. The predicted octanol–water partition coefficient (Wildman–Crippen LogP) is 3.20. The third kappa shape index (κ3) is 6.14. The van der Waals surface area contributed by atoms with E-state index in [1.165, 1.54) is 12.1 Å². The van der Waals surface area contributed by atoms with Crippen molar-refractivity contribution >= 4 is 17.5 Å². The Hall–Kier alpha value is -2.77. The van der Waals surface area contributed by atoms with Gasteiger partial charge >= 0.3 is 0 Å². The van der Waals surface area contributed by atoms with E-state index >= 15 is 0 Å². The van der Waals surface area contributed by atoms with Crippen LogP contribution in [0.25, 0.3) is 0 Å². The molecule has 32 heavy (non-hydrogen) atoms. The summed E-state index contributed by atoms with van der Waals surface area (Å²) in [6, 6.07) is 15.8. The number of piperidine rings is 1. The van der Waals surface area contributed by atoms with Crippen molar-refractivity contribution in [1.29, 1.82) is 0 Å². The van der Waals surface area contributed by atoms with Crippen LogP contribution < -0.4 is 10.6 Å². The molecule has 2 fully saturated rings. The topological polar surface area (TPSA) is 70.7 Å². The number of hydrogen-bond donors (Lipinski definition) is 2. The Morgan fingerprint density at radius 1 is 1.00 bits per heavy atom. The van der Waals surface area contributed by atoms with Crippen molar-refractivity contribution in [1.82, 2.24) is 10.2 Å². The second-order valence-corrected chi connectivity index (χ2v) is 8.69. The maximum Gasteiger partial charge on any atom is 0.228 e. The Kier molecular flexibility index (Phi) is 7.50. The molecular weight excluding hydrogens is 409 g/mol. The Morgan fingerprint density at radius 2 is 1.72 bits per heavy atom. The summed E-state index contributed by atoms with van der Waals surface area (Å²) in [6.45, 7) is 3.11. The zero-order valence-electron chi connectivity index (χ0n) is 18.1. The Bertz CT molecular complexity index is 900. The van der Waals surface area contributed by atoms with Gasteiger partial charge in [-0.15, -0.1) is 0 Å². The van der Waals surface area contributed by atoms with Crippen LogP contribution in [0.15, 0.2) is 54.6 Å². The Balaban J connectivity index is 1.42. The summed E-state index contributed by atoms with van der Waals surface area (Å²) in [4.78, 5) is 28.1. The van der Waals surface area contributed by atoms with Gasteiger partial charge in [0.05, 0.1) is 17.9 Å². The number of nitrogens with zero attached hydrogens (tertiary/aromatic N) is 1. The number of ether oxygens (including phenoxy) is 1. The van der Waals surface area contributed by atoms with Gasteiger partial charge in [-0.2, -0.15) is 0 Å². The van der Waals surface area contributed by atoms with Gasteiger partial charge in [0.2, 0.25) is 11.8 Å². The lowest BCUT2D eigenvalue weighted by Gasteiger charge is -2.36. The number of carbonyl (C=O) groups is 2. The van der Waals surface area contributed by atoms with Gasteiger partial charge in [-0.3, -0.25) is 14.5 Å². The van der Waals surface area contributed by atoms with Crippen LogP contribution >= 0.6 is 0 Å². The minimum absolute atomic E-state index is 0.0298. The average molecular weight is 440 g/mol. The van der Waals surface area contributed by atoms with Crippen LogP contribution in [0.2, 0.25) is 0 Å². The maximum absolute atomic E-state index is 13.2. The molecule has 6 nitrogen and oxygen atoms in total. The van der Waals surface area contributed by atoms with E-state index in [1.54, 1.807) is 12.1 Å². The third-order valence-electron chi connectivity index (χ3n) is 6.16. The van der Waals surface area contributed by atoms with Crippen molar-refractivity contribution in [3.05, 3.63) is 66.0 Å². The molecule has 2 N–H and O–H groups in total. The summed E-state index contributed by atoms with van der Waals surface area (Å²) < 4.78 is 18.8. The van der Waals surface area contributed by atoms with E-state index < -0.39 is 0 Å². The highest BCUT2D eigenvalue weighted by molar-refractivity contribution is 5.93. The highest BCUT2D eigenvalue weighted by Gasteiger charge is 2.35. The molecule has 2 aliphatic rings. The molecule has 170 valence electrons. The molecule has 2 saturated heterocycles. The smallest absolute Gasteiger partial charge is 0.228 e. The first kappa shape index (κ1) is 22.4. The fourth-order valence-corrected chi connectivity index (χ4v) is 4.48. The Labute approximate surface area is 188 Å². The molecule has 2 heterocycles. The molecule has 2 aromatic rings. The molecule has 0 unspecified atom stereocenters. The average Bonchev–Trinajstić information content (AvgIpc) is 3.33. The highest BCUT2D eigenvalue weighted by atomic mass is 19.1. The molecule has 4 rings (SSSR count). The number of benzene rings is 2. The van der Waals surface area contributed by atoms with Gasteiger partial charge in [-0.05, 0) is 49.1 Å². The van der Waals surface area contributed by atoms with Crippen LogP contribution in [-0.4, -0.2) is 49.1 Å². The summed E-state index contributed by atoms with van der Waals surface area (Å²) in [7, 11) is 0. The molecule has 0 saturated carbocycles. The van der Waals surface area contributed by atoms with Gasteiger partial charge in [-0.25, -0.2) is 4.39 Å². The lowest BCUT2D eigenvalue weighted by atomic mass is 9.87. The molecule has 0 bridgehead atoms. The van der Waals surface area contributed by atoms with Crippen molar-refractivity contribution in [2.24, 2.45) is 11.8 Å². The number of anilines is 1. The molecule has 0 aliphatic carbocycles. The number of nitrogens with one attached hydrogen (secondary N) is 2. The summed E-state index contributed by atoms with van der Waals surface area (Å²) >= 11 is 0. The molecule has 3 atom stereocenters. The first-order valence-electron chi connectivity index (χ1n) is 11.3. The van der Waals surface area contributed by atoms with Crippen LogP contribution in [0, 0.1) is 17.7 Å². The fourth-order valence-electron chi connectivity index (χ4n) is 4.48. The molecule has 0 aromatic heterocycles. The van der Waals surface area contributed by atoms with Gasteiger partial charge in [-0.1, -0.05) is 30.3 Å². The van der Waals surface area contributed by atoms with E-state index in [0.717, 1.165) is 25.0 Å². The van der Waals surface area contributed by atoms with Crippen molar-refractivity contribution in [2.75, 3.05) is 31.6 Å². The number of halogens is 1. The highest BCUT2D eigenvalue weighted by Crippen LogP contribution is 2.25. The molecule has 2 amide bonds. The lowest BCUT2D eigenvalue weighted by Crippen LogP contribution is -2.49. The van der Waals surface area contributed by atoms with Crippen molar-refractivity contribution in [2.45, 2.75) is 31.9 Å². The number of rotatable bonds is 7. The van der Waals surface area contributed by atoms with Gasteiger partial charge in [0, 0.05) is 38.5 Å². The quantitative estimate of drug-likeness (QED) is 0.695. The first-order valence-corrected chi connectivity index (χ1v) is 11.3. The van der Waals surface area contributed by atoms with E-state index in [-0.39, 0.29) is 35.6 Å². The summed E-state index contributed by atoms with van der Waals surface area (Å²) in [5.74, 6) is -1.14. The second kappa shape index (κ2) is 10.7. The van der Waals surface area contributed by atoms with E-state index in [9.17, 15) is 14.0 Å². The molecule has 0 spiro atoms. The minimum atomic E-state index is -0.349. The SMILES string of the molecule is O=C(NC[C@@H]1CCCO1)[C@H]1C[C@@H](C(=O)Nc2ccc(F)cc2)CN(Cc2ccccc2)C1. The number of carbonyl (C=O) groups excluding carboxylic acids is 2. The number of likely N-dealkylation sites (tertiary alicyclic amines) is 1. The number of hydrogen-bond acceptors (Lipinski definition) is 4. The molecule has 0 radical (unpaired) electrons. The summed E-state index contributed by atoms with van der Waals surface area (Å²) in [5, 5.41) is 5.91. The first-order chi connectivity index (χ1) is 15.6. The van der Waals surface area contributed by atoms with E-state index in [4.69, 9.17) is 4.74 Å². The van der Waals surface area contributed by atoms with Crippen LogP contribution in [-0.2, 0) is 20.9 Å². The van der Waals surface area contributed by atoms with Crippen LogP contribution in [0.3, 0.4) is 0 Å². The zero-order valence-corrected chi connectivity index (χ0v) is 18.1. The van der Waals surface area contributed by atoms with Crippen LogP contribution in [0.4, 0.5) is 10.1 Å². The van der Waals surface area contributed by atoms with Gasteiger partial charge in [0.15, 0.2) is 0 Å². The van der Waals surface area contributed by atoms with E-state index in [0.29, 0.717) is 38.3 Å². The number of amides is 2. The normalized spacial score (nSPS) is 23.6. The fraction of sp³-hybridized carbons (Fsp3) is 0.440. The van der Waals surface area contributed by atoms with Gasteiger partial charge in [0.1, 0.15) is 5.82 Å². The third-order valence-corrected chi connectivity index (χ3v) is 6.16. The van der Waals surface area contributed by atoms with Gasteiger partial charge < -0.3 is 15.4 Å². The van der Waals surface area contributed by atoms with Crippen molar-refractivity contribution in [3.63, 3.8) is 0 Å². The van der Waals surface area contributed by atoms with Crippen LogP contribution in [0.1, 0.15) is 24.8 Å². The lowest BCUT2D eigenvalue weighted by molar-refractivity contribution is -0.130. The predicted molar refractivity (Wildman–Crippen MR) is 120 cm³/mol.